The third-order valence-corrected chi connectivity index (χ3v) is 9.02. The van der Waals surface area contributed by atoms with Gasteiger partial charge in [-0.1, -0.05) is 6.07 Å². The van der Waals surface area contributed by atoms with E-state index in [2.05, 4.69) is 0 Å². The van der Waals surface area contributed by atoms with Crippen LogP contribution < -0.4 is 10.2 Å². The number of fused-ring (bicyclic) bond motifs is 1. The summed E-state index contributed by atoms with van der Waals surface area (Å²) in [6.45, 7) is -1.62. The van der Waals surface area contributed by atoms with E-state index in [1.165, 1.54) is 24.3 Å². The topological polar surface area (TPSA) is 336 Å². The summed E-state index contributed by atoms with van der Waals surface area (Å²) in [6, 6.07) is 9.15. The van der Waals surface area contributed by atoms with Crippen LogP contribution in [0.25, 0.3) is 28.4 Å². The molecule has 0 radical (unpaired) electrons. The van der Waals surface area contributed by atoms with Gasteiger partial charge in [0.15, 0.2) is 52.3 Å². The average Bonchev–Trinajstić information content (AvgIpc) is 3.17. The summed E-state index contributed by atoms with van der Waals surface area (Å²) in [6.07, 6.45) is -16.6. The van der Waals surface area contributed by atoms with Crippen LogP contribution in [0.15, 0.2) is 63.8 Å². The molecule has 12 N–H and O–H groups in total. The third-order valence-electron chi connectivity index (χ3n) is 9.02. The molecule has 4 aromatic rings. The normalized spacial score (nSPS) is 28.0. The molecule has 2 saturated heterocycles. The van der Waals surface area contributed by atoms with Crippen LogP contribution in [0.3, 0.4) is 0 Å². The summed E-state index contributed by atoms with van der Waals surface area (Å²) in [5.41, 5.74) is -0.792. The van der Waals surface area contributed by atoms with Crippen molar-refractivity contribution in [1.29, 1.82) is 0 Å². The highest BCUT2D eigenvalue weighted by atomic mass is 16.8. The van der Waals surface area contributed by atoms with Crippen LogP contribution in [-0.4, -0.2) is 142 Å². The fraction of sp³-hybridized carbons (Fsp3) is 0.333. The Morgan fingerprint density at radius 2 is 1.38 bits per heavy atom. The van der Waals surface area contributed by atoms with Crippen molar-refractivity contribution in [1.82, 2.24) is 0 Å². The van der Waals surface area contributed by atoms with Crippen molar-refractivity contribution in [3.8, 4) is 51.6 Å². The summed E-state index contributed by atoms with van der Waals surface area (Å²) in [4.78, 5) is 25.4. The molecule has 0 saturated carbocycles. The second-order valence-electron chi connectivity index (χ2n) is 12.8. The predicted octanol–water partition coefficient (Wildman–Crippen LogP) is -1.04. The molecule has 3 heterocycles. The first-order chi connectivity index (χ1) is 26.6. The fourth-order valence-corrected chi connectivity index (χ4v) is 5.94. The predicted molar refractivity (Wildman–Crippen MR) is 184 cm³/mol. The van der Waals surface area contributed by atoms with Crippen LogP contribution in [-0.2, 0) is 23.7 Å². The van der Waals surface area contributed by atoms with E-state index in [4.69, 9.17) is 28.1 Å². The first-order valence-corrected chi connectivity index (χ1v) is 16.6. The highest BCUT2D eigenvalue weighted by Gasteiger charge is 2.52. The molecule has 56 heavy (non-hydrogen) atoms. The molecule has 10 atom stereocenters. The van der Waals surface area contributed by atoms with Gasteiger partial charge in [0.2, 0.25) is 12.0 Å². The Balaban J connectivity index is 1.24. The lowest BCUT2D eigenvalue weighted by Gasteiger charge is -2.45. The largest absolute Gasteiger partial charge is 0.504 e. The van der Waals surface area contributed by atoms with Crippen LogP contribution in [0.5, 0.6) is 40.2 Å². The van der Waals surface area contributed by atoms with Crippen molar-refractivity contribution in [2.75, 3.05) is 13.2 Å². The number of benzene rings is 3. The maximum Gasteiger partial charge on any atom is 0.330 e. The second kappa shape index (κ2) is 16.2. The van der Waals surface area contributed by atoms with Gasteiger partial charge in [0.25, 0.3) is 0 Å². The van der Waals surface area contributed by atoms with E-state index in [0.29, 0.717) is 5.56 Å². The van der Waals surface area contributed by atoms with Crippen molar-refractivity contribution in [2.24, 2.45) is 0 Å². The number of phenolic OH excluding ortho intramolecular Hbond substituents is 6. The van der Waals surface area contributed by atoms with Gasteiger partial charge in [0, 0.05) is 23.8 Å². The summed E-state index contributed by atoms with van der Waals surface area (Å²) in [5.74, 6) is -5.66. The molecular weight excluding hydrogens is 752 g/mol. The molecule has 6 rings (SSSR count). The van der Waals surface area contributed by atoms with Gasteiger partial charge in [0.05, 0.1) is 6.61 Å². The number of carbonyl (C=O) groups is 1. The molecule has 0 bridgehead atoms. The van der Waals surface area contributed by atoms with Gasteiger partial charge in [-0.25, -0.2) is 4.79 Å². The lowest BCUT2D eigenvalue weighted by atomic mass is 9.97. The quantitative estimate of drug-likeness (QED) is 0.0519. The molecule has 0 spiro atoms. The number of carbonyl (C=O) groups excluding carboxylic acids is 1. The monoisotopic (exact) mass is 788 g/mol. The lowest BCUT2D eigenvalue weighted by Crippen LogP contribution is -2.65. The number of aliphatic hydroxyl groups is 6. The molecule has 0 amide bonds. The molecule has 0 aliphatic carbocycles. The molecule has 20 heteroatoms. The molecule has 3 aromatic carbocycles. The van der Waals surface area contributed by atoms with Gasteiger partial charge < -0.3 is 89.4 Å². The molecule has 4 unspecified atom stereocenters. The summed E-state index contributed by atoms with van der Waals surface area (Å²) >= 11 is 0. The van der Waals surface area contributed by atoms with Crippen LogP contribution in [0.1, 0.15) is 5.56 Å². The summed E-state index contributed by atoms with van der Waals surface area (Å²) < 4.78 is 33.5. The highest BCUT2D eigenvalue weighted by molar-refractivity contribution is 5.89. The molecule has 2 fully saturated rings. The Bertz CT molecular complexity index is 2170. The summed E-state index contributed by atoms with van der Waals surface area (Å²) in [5, 5.41) is 123. The van der Waals surface area contributed by atoms with Crippen molar-refractivity contribution >= 4 is 23.0 Å². The maximum atomic E-state index is 13.0. The number of hydrogen-bond acceptors (Lipinski definition) is 20. The van der Waals surface area contributed by atoms with Gasteiger partial charge in [-0.2, -0.15) is 0 Å². The van der Waals surface area contributed by atoms with Crippen LogP contribution in [0.4, 0.5) is 0 Å². The SMILES string of the molecule is O=C(/C=C/c1ccc(O)c(O)c1)OCC1O[C@@H](OC2[C@H](Oc3cc4oc(-c5ccc(O)c(O)c5)cc(=O)c4c(O)c3O)OC(CO)[C@@H](O)[C@@H]2O)C(O)[C@@H](O)[C@@H]1O. The zero-order chi connectivity index (χ0) is 40.6. The van der Waals surface area contributed by atoms with Crippen molar-refractivity contribution < 1.29 is 94.2 Å². The van der Waals surface area contributed by atoms with E-state index in [-0.39, 0.29) is 22.7 Å². The van der Waals surface area contributed by atoms with E-state index in [9.17, 15) is 70.9 Å². The Kier molecular flexibility index (Phi) is 11.6. The lowest BCUT2D eigenvalue weighted by molar-refractivity contribution is -0.358. The van der Waals surface area contributed by atoms with Gasteiger partial charge >= 0.3 is 5.97 Å². The minimum atomic E-state index is -2.05. The Hall–Kier alpha value is -5.68. The maximum absolute atomic E-state index is 13.0. The first-order valence-electron chi connectivity index (χ1n) is 16.6. The standard InChI is InChI=1S/C36H36O20/c37-11-23-28(45)32(49)34(56-35-33(50)31(48)29(46)24(55-35)12-51-25(43)6-2-13-1-4-15(38)17(40)7-13)36(54-23)53-22-10-21-26(30(47)27(22)44)19(42)9-20(52-21)14-3-5-16(39)18(41)8-14/h1-10,23-24,28-29,31-41,44-50H,11-12H2/b6-2+/t23?,24?,28-,29-,31+,32+,33?,34?,35+,36-/m1/s1. The molecule has 20 nitrogen and oxygen atoms in total. The van der Waals surface area contributed by atoms with Crippen molar-refractivity contribution in [3.05, 3.63) is 70.4 Å². The van der Waals surface area contributed by atoms with Crippen LogP contribution >= 0.6 is 0 Å². The van der Waals surface area contributed by atoms with E-state index in [1.807, 2.05) is 0 Å². The van der Waals surface area contributed by atoms with Gasteiger partial charge in [0.1, 0.15) is 66.1 Å². The van der Waals surface area contributed by atoms with E-state index < -0.39 is 126 Å². The number of esters is 1. The Morgan fingerprint density at radius 3 is 2.05 bits per heavy atom. The molecule has 300 valence electrons. The number of rotatable bonds is 10. The molecule has 1 aromatic heterocycles. The summed E-state index contributed by atoms with van der Waals surface area (Å²) in [7, 11) is 0. The fourth-order valence-electron chi connectivity index (χ4n) is 5.94. The Labute approximate surface area is 313 Å². The molecular formula is C36H36O20. The first kappa shape index (κ1) is 40.0. The minimum absolute atomic E-state index is 0.124. The van der Waals surface area contributed by atoms with E-state index in [0.717, 1.165) is 36.4 Å². The minimum Gasteiger partial charge on any atom is -0.504 e. The van der Waals surface area contributed by atoms with Crippen LogP contribution in [0, 0.1) is 0 Å². The van der Waals surface area contributed by atoms with Crippen molar-refractivity contribution in [3.63, 3.8) is 0 Å². The third kappa shape index (κ3) is 8.00. The smallest absolute Gasteiger partial charge is 0.330 e. The highest BCUT2D eigenvalue weighted by Crippen LogP contribution is 2.43. The Morgan fingerprint density at radius 1 is 0.714 bits per heavy atom. The van der Waals surface area contributed by atoms with E-state index in [1.54, 1.807) is 0 Å². The zero-order valence-corrected chi connectivity index (χ0v) is 28.6. The average molecular weight is 789 g/mol. The van der Waals surface area contributed by atoms with E-state index >= 15 is 0 Å². The number of aromatic hydroxyl groups is 6. The zero-order valence-electron chi connectivity index (χ0n) is 28.6. The molecule has 2 aliphatic heterocycles. The number of aliphatic hydroxyl groups excluding tert-OH is 6. The second-order valence-corrected chi connectivity index (χ2v) is 12.8. The van der Waals surface area contributed by atoms with Gasteiger partial charge in [-0.3, -0.25) is 4.79 Å². The number of phenols is 6. The number of hydrogen-bond donors (Lipinski definition) is 12. The van der Waals surface area contributed by atoms with Gasteiger partial charge in [-0.05, 0) is 42.0 Å². The molecule has 2 aliphatic rings. The number of ether oxygens (including phenoxy) is 5. The van der Waals surface area contributed by atoms with Crippen molar-refractivity contribution in [2.45, 2.75) is 61.4 Å². The van der Waals surface area contributed by atoms with Crippen LogP contribution in [0.2, 0.25) is 0 Å². The van der Waals surface area contributed by atoms with Gasteiger partial charge in [-0.15, -0.1) is 0 Å².